The van der Waals surface area contributed by atoms with Gasteiger partial charge in [0.25, 0.3) is 5.69 Å². The van der Waals surface area contributed by atoms with Crippen LogP contribution < -0.4 is 4.90 Å². The highest BCUT2D eigenvalue weighted by atomic mass is 35.5. The zero-order chi connectivity index (χ0) is 17.2. The maximum Gasteiger partial charge on any atom is 0.288 e. The molecule has 0 spiro atoms. The van der Waals surface area contributed by atoms with Crippen LogP contribution >= 0.6 is 11.6 Å². The molecule has 4 aliphatic rings. The lowest BCUT2D eigenvalue weighted by Crippen LogP contribution is -2.46. The van der Waals surface area contributed by atoms with E-state index in [9.17, 15) is 24.5 Å². The summed E-state index contributed by atoms with van der Waals surface area (Å²) in [5.41, 5.74) is -0.0611. The van der Waals surface area contributed by atoms with E-state index in [4.69, 9.17) is 11.6 Å². The van der Waals surface area contributed by atoms with Crippen LogP contribution in [0.3, 0.4) is 0 Å². The Bertz CT molecular complexity index is 808. The van der Waals surface area contributed by atoms with Crippen LogP contribution in [-0.4, -0.2) is 22.5 Å². The Hall–Kier alpha value is -2.28. The first-order valence-electron chi connectivity index (χ1n) is 7.74. The van der Waals surface area contributed by atoms with E-state index < -0.39 is 22.7 Å². The number of Topliss-reactive ketones (excluding diaryl/α,β-unsaturated/α-hetero) is 1. The van der Waals surface area contributed by atoms with Crippen molar-refractivity contribution in [3.05, 3.63) is 33.3 Å². The average molecular weight is 349 g/mol. The molecular formula is C16H13ClN2O5. The van der Waals surface area contributed by atoms with Crippen molar-refractivity contribution in [3.8, 4) is 0 Å². The van der Waals surface area contributed by atoms with Crippen molar-refractivity contribution in [1.29, 1.82) is 0 Å². The molecule has 0 unspecified atom stereocenters. The molecule has 24 heavy (non-hydrogen) atoms. The number of nitro benzene ring substituents is 1. The van der Waals surface area contributed by atoms with Crippen molar-refractivity contribution in [3.63, 3.8) is 0 Å². The van der Waals surface area contributed by atoms with Gasteiger partial charge in [-0.1, -0.05) is 11.6 Å². The summed E-state index contributed by atoms with van der Waals surface area (Å²) in [4.78, 5) is 49.0. The Balaban J connectivity index is 1.74. The van der Waals surface area contributed by atoms with Gasteiger partial charge in [-0.2, -0.15) is 0 Å². The maximum absolute atomic E-state index is 12.8. The number of benzene rings is 1. The van der Waals surface area contributed by atoms with Crippen molar-refractivity contribution in [2.75, 3.05) is 4.90 Å². The predicted octanol–water partition coefficient (Wildman–Crippen LogP) is 2.35. The van der Waals surface area contributed by atoms with Gasteiger partial charge in [-0.05, 0) is 30.9 Å². The van der Waals surface area contributed by atoms with E-state index in [0.29, 0.717) is 12.8 Å². The van der Waals surface area contributed by atoms with Crippen molar-refractivity contribution in [2.24, 2.45) is 23.7 Å². The van der Waals surface area contributed by atoms with Gasteiger partial charge in [0.15, 0.2) is 0 Å². The highest BCUT2D eigenvalue weighted by Crippen LogP contribution is 2.52. The van der Waals surface area contributed by atoms with Crippen LogP contribution in [0.15, 0.2) is 18.2 Å². The first kappa shape index (κ1) is 15.3. The fourth-order valence-electron chi connectivity index (χ4n) is 4.42. The molecule has 1 saturated heterocycles. The molecule has 7 nitrogen and oxygen atoms in total. The molecule has 124 valence electrons. The van der Waals surface area contributed by atoms with E-state index in [2.05, 4.69) is 0 Å². The van der Waals surface area contributed by atoms with Crippen LogP contribution in [0.5, 0.6) is 0 Å². The summed E-state index contributed by atoms with van der Waals surface area (Å²) in [5.74, 6) is -2.15. The van der Waals surface area contributed by atoms with Gasteiger partial charge in [-0.3, -0.25) is 24.5 Å². The van der Waals surface area contributed by atoms with Crippen LogP contribution in [0.2, 0.25) is 5.02 Å². The maximum atomic E-state index is 12.8. The number of carbonyl (C=O) groups excluding carboxylic acids is 3. The third-order valence-electron chi connectivity index (χ3n) is 5.45. The number of hydrogen-bond donors (Lipinski definition) is 0. The second kappa shape index (κ2) is 5.11. The van der Waals surface area contributed by atoms with Crippen LogP contribution in [0, 0.1) is 33.8 Å². The second-order valence-electron chi connectivity index (χ2n) is 6.57. The number of halogens is 1. The molecule has 2 bridgehead atoms. The van der Waals surface area contributed by atoms with Gasteiger partial charge in [0.2, 0.25) is 11.8 Å². The molecule has 1 aromatic carbocycles. The number of ketones is 1. The van der Waals surface area contributed by atoms with Crippen molar-refractivity contribution in [1.82, 2.24) is 0 Å². The molecule has 4 atom stereocenters. The predicted molar refractivity (Wildman–Crippen MR) is 83.4 cm³/mol. The number of rotatable bonds is 2. The monoisotopic (exact) mass is 348 g/mol. The van der Waals surface area contributed by atoms with E-state index in [0.717, 1.165) is 11.3 Å². The number of nitro groups is 1. The number of carbonyl (C=O) groups is 3. The number of fused-ring (bicyclic) bond motifs is 2. The molecule has 1 aromatic rings. The Labute approximate surface area is 141 Å². The van der Waals surface area contributed by atoms with E-state index in [1.807, 2.05) is 0 Å². The molecule has 2 amide bonds. The van der Waals surface area contributed by atoms with Crippen LogP contribution in [0.4, 0.5) is 11.4 Å². The summed E-state index contributed by atoms with van der Waals surface area (Å²) in [6.07, 6.45) is 1.80. The zero-order valence-corrected chi connectivity index (χ0v) is 13.2. The first-order chi connectivity index (χ1) is 11.4. The molecule has 4 fully saturated rings. The van der Waals surface area contributed by atoms with E-state index >= 15 is 0 Å². The molecule has 3 saturated carbocycles. The van der Waals surface area contributed by atoms with Gasteiger partial charge >= 0.3 is 0 Å². The smallest absolute Gasteiger partial charge is 0.288 e. The molecule has 3 aliphatic carbocycles. The molecule has 0 radical (unpaired) electrons. The number of amides is 2. The van der Waals surface area contributed by atoms with Gasteiger partial charge in [0, 0.05) is 18.4 Å². The standard InChI is InChI=1S/C16H13ClN2O5/c17-10-6-8(2-4-11(10)19(23)24)18-15(21)13-7-1-3-9(12(20)5-7)14(13)16(18)22/h2,4,6-7,9,13-14H,1,3,5H2/t7-,9+,13+,14-/m0/s1. The molecular weight excluding hydrogens is 336 g/mol. The van der Waals surface area contributed by atoms with Crippen LogP contribution in [-0.2, 0) is 14.4 Å². The van der Waals surface area contributed by atoms with Crippen LogP contribution in [0.1, 0.15) is 19.3 Å². The normalized spacial score (nSPS) is 31.5. The Morgan fingerprint density at radius 3 is 2.46 bits per heavy atom. The lowest BCUT2D eigenvalue weighted by Gasteiger charge is -2.41. The lowest BCUT2D eigenvalue weighted by atomic mass is 9.59. The van der Waals surface area contributed by atoms with E-state index in [1.54, 1.807) is 0 Å². The minimum Gasteiger partial charge on any atom is -0.299 e. The Kier molecular flexibility index (Phi) is 3.25. The van der Waals surface area contributed by atoms with Crippen molar-refractivity contribution in [2.45, 2.75) is 19.3 Å². The van der Waals surface area contributed by atoms with Gasteiger partial charge in [0.1, 0.15) is 10.8 Å². The summed E-state index contributed by atoms with van der Waals surface area (Å²) in [5, 5.41) is 10.7. The van der Waals surface area contributed by atoms with Crippen LogP contribution in [0.25, 0.3) is 0 Å². The molecule has 0 aromatic heterocycles. The van der Waals surface area contributed by atoms with Crippen molar-refractivity contribution < 1.29 is 19.3 Å². The number of anilines is 1. The first-order valence-corrected chi connectivity index (χ1v) is 8.12. The number of hydrogen-bond acceptors (Lipinski definition) is 5. The van der Waals surface area contributed by atoms with Gasteiger partial charge in [0.05, 0.1) is 22.4 Å². The van der Waals surface area contributed by atoms with Gasteiger partial charge in [-0.25, -0.2) is 4.90 Å². The van der Waals surface area contributed by atoms with Crippen molar-refractivity contribution >= 4 is 40.6 Å². The molecule has 1 heterocycles. The summed E-state index contributed by atoms with van der Waals surface area (Å²) < 4.78 is 0. The molecule has 0 N–H and O–H groups in total. The molecule has 5 rings (SSSR count). The Morgan fingerprint density at radius 2 is 1.83 bits per heavy atom. The fourth-order valence-corrected chi connectivity index (χ4v) is 4.67. The molecule has 1 aliphatic heterocycles. The van der Waals surface area contributed by atoms with E-state index in [1.165, 1.54) is 18.2 Å². The average Bonchev–Trinajstić information content (AvgIpc) is 2.80. The Morgan fingerprint density at radius 1 is 1.12 bits per heavy atom. The zero-order valence-electron chi connectivity index (χ0n) is 12.5. The minimum atomic E-state index is -0.627. The van der Waals surface area contributed by atoms with Gasteiger partial charge < -0.3 is 0 Å². The topological polar surface area (TPSA) is 97.6 Å². The summed E-state index contributed by atoms with van der Waals surface area (Å²) >= 11 is 5.90. The molecule has 8 heteroatoms. The van der Waals surface area contributed by atoms with Gasteiger partial charge in [-0.15, -0.1) is 0 Å². The summed E-state index contributed by atoms with van der Waals surface area (Å²) in [7, 11) is 0. The van der Waals surface area contributed by atoms with E-state index in [-0.39, 0.29) is 39.9 Å². The summed E-state index contributed by atoms with van der Waals surface area (Å²) in [6.45, 7) is 0. The number of nitrogens with zero attached hydrogens (tertiary/aromatic N) is 2. The minimum absolute atomic E-state index is 0.0669. The fraction of sp³-hybridized carbons (Fsp3) is 0.438. The lowest BCUT2D eigenvalue weighted by molar-refractivity contribution is -0.384. The summed E-state index contributed by atoms with van der Waals surface area (Å²) in [6, 6.07) is 3.79. The second-order valence-corrected chi connectivity index (χ2v) is 6.98. The highest BCUT2D eigenvalue weighted by Gasteiger charge is 2.61. The third-order valence-corrected chi connectivity index (χ3v) is 5.75. The highest BCUT2D eigenvalue weighted by molar-refractivity contribution is 6.33. The SMILES string of the molecule is O=C1C[C@@H]2CC[C@H]1[C@@H]1C(=O)N(c3ccc([N+](=O)[O-])c(Cl)c3)C(=O)[C@H]21. The largest absolute Gasteiger partial charge is 0.299 e. The quantitative estimate of drug-likeness (QED) is 0.464. The third kappa shape index (κ3) is 1.94. The number of imide groups is 1.